The largest absolute Gasteiger partial charge is 0.214 e. The standard InChI is InChI=1S/C33H31Cl2.C15H14.C5H5.2ClH.Zr/c1-32(2,3)30-18-26-22(16-28(30)20-7-11-24(34)12-8-20)15-23-17-29(21-9-13-25(35)14-10-21)31(19-27(23)26)33(4,5)6;1-3-8-14(9-4-1)12-7-13-15-10-5-2-6-11-15;1-2-4-5-3-1;;;/h7-14,16,18-19H,15H2,1-6H3;1-6,8-11H,12-13H2;1-5H;2*1H;/q-1;;-1;;;+2/p-2. The SMILES string of the molecule is CC(C)(C)c1cc2c([c-]c1-c1ccc(Cl)cc1)Cc1cc(-c3ccc(Cl)cc3)c(C(C)(C)C)cc1-2.[Cl-].[Cl-].[Zr+2]=[C](Cc1ccccc1)Cc1ccccc1.c1cc[cH-]c1. The van der Waals surface area contributed by atoms with E-state index >= 15 is 0 Å². The van der Waals surface area contributed by atoms with Gasteiger partial charge in [-0.25, -0.2) is 12.1 Å². The quantitative estimate of drug-likeness (QED) is 0.146. The van der Waals surface area contributed by atoms with Gasteiger partial charge >= 0.3 is 112 Å². The van der Waals surface area contributed by atoms with Crippen molar-refractivity contribution < 1.29 is 49.0 Å². The Morgan fingerprint density at radius 1 is 0.569 bits per heavy atom. The zero-order chi connectivity index (χ0) is 39.9. The molecule has 296 valence electrons. The van der Waals surface area contributed by atoms with Gasteiger partial charge in [-0.05, 0) is 51.6 Å². The summed E-state index contributed by atoms with van der Waals surface area (Å²) in [6, 6.07) is 58.8. The van der Waals surface area contributed by atoms with Gasteiger partial charge in [0, 0.05) is 10.0 Å². The van der Waals surface area contributed by atoms with Crippen LogP contribution in [0.2, 0.25) is 10.0 Å². The van der Waals surface area contributed by atoms with Crippen molar-refractivity contribution in [3.8, 4) is 33.4 Å². The first-order valence-corrected chi connectivity index (χ1v) is 21.3. The Bertz CT molecular complexity index is 2180. The van der Waals surface area contributed by atoms with Crippen LogP contribution in [0.15, 0.2) is 158 Å². The average Bonchev–Trinajstić information content (AvgIpc) is 3.87. The van der Waals surface area contributed by atoms with Crippen LogP contribution in [0.25, 0.3) is 33.4 Å². The second-order valence-electron chi connectivity index (χ2n) is 16.6. The van der Waals surface area contributed by atoms with Crippen LogP contribution < -0.4 is 24.8 Å². The van der Waals surface area contributed by atoms with E-state index in [-0.39, 0.29) is 35.6 Å². The molecular formula is C53H50Cl4Zr-2. The molecule has 0 fully saturated rings. The van der Waals surface area contributed by atoms with Crippen molar-refractivity contribution in [2.75, 3.05) is 0 Å². The van der Waals surface area contributed by atoms with Crippen molar-refractivity contribution in [3.05, 3.63) is 207 Å². The molecule has 0 spiro atoms. The van der Waals surface area contributed by atoms with Crippen molar-refractivity contribution in [3.63, 3.8) is 0 Å². The third-order valence-corrected chi connectivity index (χ3v) is 11.4. The molecular weight excluding hydrogens is 870 g/mol. The predicted molar refractivity (Wildman–Crippen MR) is 239 cm³/mol. The van der Waals surface area contributed by atoms with E-state index in [1.165, 1.54) is 61.2 Å². The minimum absolute atomic E-state index is 0. The minimum Gasteiger partial charge on any atom is -0.214 e. The number of fused-ring (bicyclic) bond motifs is 3. The maximum absolute atomic E-state index is 6.20. The number of rotatable bonds is 6. The molecule has 8 rings (SSSR count). The van der Waals surface area contributed by atoms with E-state index < -0.39 is 0 Å². The first-order chi connectivity index (χ1) is 26.8. The summed E-state index contributed by atoms with van der Waals surface area (Å²) in [6.45, 7) is 13.7. The summed E-state index contributed by atoms with van der Waals surface area (Å²) in [5.74, 6) is 0. The van der Waals surface area contributed by atoms with Crippen molar-refractivity contribution in [2.45, 2.75) is 71.6 Å². The molecule has 7 aromatic rings. The summed E-state index contributed by atoms with van der Waals surface area (Å²) in [5.41, 5.74) is 15.6. The van der Waals surface area contributed by atoms with Crippen molar-refractivity contribution in [1.29, 1.82) is 0 Å². The van der Waals surface area contributed by atoms with Crippen LogP contribution in [0.5, 0.6) is 0 Å². The molecule has 0 N–H and O–H groups in total. The van der Waals surface area contributed by atoms with Gasteiger partial charge in [-0.1, -0.05) is 130 Å². The zero-order valence-corrected chi connectivity index (χ0v) is 39.6. The second kappa shape index (κ2) is 21.2. The Morgan fingerprint density at radius 2 is 1.03 bits per heavy atom. The monoisotopic (exact) mass is 916 g/mol. The third kappa shape index (κ3) is 12.6. The first-order valence-electron chi connectivity index (χ1n) is 19.4. The summed E-state index contributed by atoms with van der Waals surface area (Å²) in [5, 5.41) is 1.52. The van der Waals surface area contributed by atoms with Gasteiger partial charge in [0.1, 0.15) is 0 Å². The number of benzene rings is 6. The smallest absolute Gasteiger partial charge is 0.172 e. The van der Waals surface area contributed by atoms with Crippen LogP contribution in [0.3, 0.4) is 0 Å². The van der Waals surface area contributed by atoms with E-state index in [1.54, 1.807) is 27.4 Å². The van der Waals surface area contributed by atoms with E-state index in [2.05, 4.69) is 151 Å². The molecule has 0 heterocycles. The molecule has 0 radical (unpaired) electrons. The molecule has 0 nitrogen and oxygen atoms in total. The molecule has 7 aromatic carbocycles. The van der Waals surface area contributed by atoms with Crippen molar-refractivity contribution in [2.24, 2.45) is 0 Å². The van der Waals surface area contributed by atoms with E-state index in [1.807, 2.05) is 54.6 Å². The summed E-state index contributed by atoms with van der Waals surface area (Å²) in [6.07, 6.45) is 3.13. The van der Waals surface area contributed by atoms with Crippen LogP contribution in [0.1, 0.15) is 74.9 Å². The summed E-state index contributed by atoms with van der Waals surface area (Å²) >= 11 is 13.9. The van der Waals surface area contributed by atoms with Crippen LogP contribution >= 0.6 is 23.2 Å². The van der Waals surface area contributed by atoms with Crippen molar-refractivity contribution in [1.82, 2.24) is 0 Å². The van der Waals surface area contributed by atoms with E-state index in [0.29, 0.717) is 0 Å². The van der Waals surface area contributed by atoms with Gasteiger partial charge in [-0.2, -0.15) is 18.2 Å². The van der Waals surface area contributed by atoms with Gasteiger partial charge in [-0.3, -0.25) is 0 Å². The number of hydrogen-bond acceptors (Lipinski definition) is 0. The van der Waals surface area contributed by atoms with Gasteiger partial charge in [0.25, 0.3) is 0 Å². The third-order valence-electron chi connectivity index (χ3n) is 10.0. The fraction of sp³-hybridized carbons (Fsp3) is 0.208. The maximum Gasteiger partial charge on any atom is -0.172 e. The van der Waals surface area contributed by atoms with Crippen LogP contribution in [-0.4, -0.2) is 3.21 Å². The van der Waals surface area contributed by atoms with E-state index in [0.717, 1.165) is 34.9 Å². The van der Waals surface area contributed by atoms with Gasteiger partial charge in [-0.15, -0.1) is 28.8 Å². The number of hydrogen-bond donors (Lipinski definition) is 0. The molecule has 0 atom stereocenters. The summed E-state index contributed by atoms with van der Waals surface area (Å²) < 4.78 is 1.60. The van der Waals surface area contributed by atoms with Gasteiger partial charge in [0.15, 0.2) is 0 Å². The average molecular weight is 920 g/mol. The van der Waals surface area contributed by atoms with E-state index in [4.69, 9.17) is 23.2 Å². The molecule has 5 heteroatoms. The van der Waals surface area contributed by atoms with Gasteiger partial charge in [0.05, 0.1) is 0 Å². The zero-order valence-electron chi connectivity index (χ0n) is 34.1. The van der Waals surface area contributed by atoms with E-state index in [9.17, 15) is 0 Å². The Kier molecular flexibility index (Phi) is 17.3. The Balaban J connectivity index is 0.000000268. The Labute approximate surface area is 384 Å². The van der Waals surface area contributed by atoms with Crippen molar-refractivity contribution >= 4 is 26.4 Å². The molecule has 0 bridgehead atoms. The van der Waals surface area contributed by atoms with Crippen LogP contribution in [-0.2, 0) is 54.3 Å². The normalized spacial score (nSPS) is 11.3. The topological polar surface area (TPSA) is 0 Å². The van der Waals surface area contributed by atoms with Gasteiger partial charge in [0.2, 0.25) is 0 Å². The molecule has 0 saturated heterocycles. The molecule has 0 unspecified atom stereocenters. The molecule has 0 aliphatic heterocycles. The number of halogens is 4. The molecule has 1 aliphatic carbocycles. The fourth-order valence-corrected chi connectivity index (χ4v) is 8.45. The maximum atomic E-state index is 6.20. The molecule has 0 aromatic heterocycles. The van der Waals surface area contributed by atoms with Crippen LogP contribution in [0.4, 0.5) is 0 Å². The molecule has 0 saturated carbocycles. The summed E-state index contributed by atoms with van der Waals surface area (Å²) in [7, 11) is 0. The first kappa shape index (κ1) is 47.3. The molecule has 58 heavy (non-hydrogen) atoms. The van der Waals surface area contributed by atoms with Crippen LogP contribution in [0, 0.1) is 6.07 Å². The predicted octanol–water partition coefficient (Wildman–Crippen LogP) is 8.90. The molecule has 0 amide bonds. The Morgan fingerprint density at radius 3 is 1.48 bits per heavy atom. The summed E-state index contributed by atoms with van der Waals surface area (Å²) in [4.78, 5) is 0. The molecule has 1 aliphatic rings. The second-order valence-corrected chi connectivity index (χ2v) is 19.2. The van der Waals surface area contributed by atoms with Gasteiger partial charge < -0.3 is 24.8 Å². The Hall–Kier alpha value is -3.42. The minimum atomic E-state index is -0.0145. The fourth-order valence-electron chi connectivity index (χ4n) is 7.19.